The number of likely N-dealkylation sites (tertiary alicyclic amines) is 1. The van der Waals surface area contributed by atoms with Gasteiger partial charge in [0.1, 0.15) is 17.3 Å². The van der Waals surface area contributed by atoms with Crippen LogP contribution in [-0.2, 0) is 32.6 Å². The van der Waals surface area contributed by atoms with Crippen molar-refractivity contribution in [1.82, 2.24) is 14.7 Å². The summed E-state index contributed by atoms with van der Waals surface area (Å²) < 4.78 is 2.54. The molecule has 11 nitrogen and oxygen atoms in total. The molecule has 51 heavy (non-hydrogen) atoms. The molecule has 2 saturated heterocycles. The topological polar surface area (TPSA) is 156 Å². The fourth-order valence-corrected chi connectivity index (χ4v) is 10.5. The Morgan fingerprint density at radius 3 is 2.63 bits per heavy atom. The Bertz CT molecular complexity index is 2310. The number of amides is 6. The SMILES string of the molecule is C=CCc1cccc([C@H]2C3=CC[C@@H]4C(=O)N(C(N)=O)C(=O)[C@@H]4[C@@H]3C[C@H]3C(=O)N(c4cc(-c5sc6ccc(Cl)cc6c5C)nn4C)C(=O)[C@@]23C)c1O. The number of carbonyl (C=O) groups excluding carboxylic acids is 5. The summed E-state index contributed by atoms with van der Waals surface area (Å²) in [6.45, 7) is 7.54. The second-order valence-electron chi connectivity index (χ2n) is 14.1. The van der Waals surface area contributed by atoms with Gasteiger partial charge < -0.3 is 10.8 Å². The number of phenolic OH excluding ortho intramolecular Hbond substituents is 1. The summed E-state index contributed by atoms with van der Waals surface area (Å²) in [6.07, 6.45) is 4.11. The van der Waals surface area contributed by atoms with Crippen molar-refractivity contribution in [3.63, 3.8) is 0 Å². The number of allylic oxidation sites excluding steroid dienone is 3. The lowest BCUT2D eigenvalue weighted by Crippen LogP contribution is -2.49. The minimum absolute atomic E-state index is 0.0273. The molecular weight excluding hydrogens is 690 g/mol. The van der Waals surface area contributed by atoms with Crippen molar-refractivity contribution in [1.29, 1.82) is 0 Å². The molecule has 2 aromatic carbocycles. The molecule has 4 aliphatic rings. The molecule has 0 radical (unpaired) electrons. The Hall–Kier alpha value is -5.07. The molecule has 8 rings (SSSR count). The quantitative estimate of drug-likeness (QED) is 0.189. The van der Waals surface area contributed by atoms with Crippen LogP contribution < -0.4 is 10.6 Å². The molecule has 2 aliphatic heterocycles. The number of aromatic nitrogens is 2. The van der Waals surface area contributed by atoms with E-state index >= 15 is 4.79 Å². The number of nitrogens with two attached hydrogens (primary N) is 1. The van der Waals surface area contributed by atoms with Crippen molar-refractivity contribution in [3.8, 4) is 16.3 Å². The number of halogens is 1. The molecule has 2 aliphatic carbocycles. The van der Waals surface area contributed by atoms with Crippen molar-refractivity contribution in [2.75, 3.05) is 4.90 Å². The van der Waals surface area contributed by atoms with Crippen LogP contribution in [0.25, 0.3) is 20.7 Å². The van der Waals surface area contributed by atoms with Crippen LogP contribution in [0.5, 0.6) is 5.75 Å². The summed E-state index contributed by atoms with van der Waals surface area (Å²) in [4.78, 5) is 71.6. The van der Waals surface area contributed by atoms with E-state index in [9.17, 15) is 24.3 Å². The second kappa shape index (κ2) is 11.5. The van der Waals surface area contributed by atoms with E-state index in [-0.39, 0.29) is 24.4 Å². The third kappa shape index (κ3) is 4.48. The summed E-state index contributed by atoms with van der Waals surface area (Å²) in [5.74, 6) is -6.23. The van der Waals surface area contributed by atoms with Gasteiger partial charge in [-0.3, -0.25) is 23.9 Å². The van der Waals surface area contributed by atoms with Gasteiger partial charge in [-0.1, -0.05) is 47.5 Å². The van der Waals surface area contributed by atoms with Gasteiger partial charge in [-0.05, 0) is 73.7 Å². The highest BCUT2D eigenvalue weighted by atomic mass is 35.5. The van der Waals surface area contributed by atoms with Crippen LogP contribution >= 0.6 is 22.9 Å². The van der Waals surface area contributed by atoms with E-state index in [1.54, 1.807) is 44.3 Å². The molecule has 3 N–H and O–H groups in total. The number of hydrogen-bond acceptors (Lipinski definition) is 8. The molecule has 13 heteroatoms. The van der Waals surface area contributed by atoms with E-state index in [1.807, 2.05) is 31.2 Å². The fourth-order valence-electron chi connectivity index (χ4n) is 9.17. The van der Waals surface area contributed by atoms with E-state index in [4.69, 9.17) is 22.4 Å². The zero-order valence-corrected chi connectivity index (χ0v) is 29.6. The van der Waals surface area contributed by atoms with Gasteiger partial charge in [0.2, 0.25) is 23.6 Å². The molecule has 4 heterocycles. The van der Waals surface area contributed by atoms with Crippen molar-refractivity contribution >= 4 is 68.5 Å². The lowest BCUT2D eigenvalue weighted by Gasteiger charge is -2.49. The number of imide groups is 4. The Morgan fingerprint density at radius 2 is 1.90 bits per heavy atom. The highest BCUT2D eigenvalue weighted by Crippen LogP contribution is 2.64. The first kappa shape index (κ1) is 33.1. The summed E-state index contributed by atoms with van der Waals surface area (Å²) >= 11 is 7.83. The normalized spacial score (nSPS) is 27.1. The van der Waals surface area contributed by atoms with Gasteiger partial charge in [-0.25, -0.2) is 9.69 Å². The zero-order valence-electron chi connectivity index (χ0n) is 28.1. The third-order valence-electron chi connectivity index (χ3n) is 11.5. The average molecular weight is 724 g/mol. The highest BCUT2D eigenvalue weighted by molar-refractivity contribution is 7.22. The standard InChI is InChI=1S/C38H34ClN5O6S/c1-5-7-18-8-6-9-22(31(18)45)30-20-11-12-21-29(35(48)44(33(21)46)37(40)50)24(20)15-25-34(47)43(36(49)38(25,30)3)28-16-26(41-42(28)4)32-17(2)23-14-19(39)10-13-27(23)51-32/h5-6,8-11,13-14,16,21,24-25,29-30,45H,1,7,12,15H2,2-4H3,(H2,40,50)/t21-,24+,25-,29-,30+,38+/m0/s1. The van der Waals surface area contributed by atoms with Gasteiger partial charge in [0.15, 0.2) is 0 Å². The molecule has 2 aromatic heterocycles. The first-order valence-corrected chi connectivity index (χ1v) is 17.9. The van der Waals surface area contributed by atoms with E-state index in [0.29, 0.717) is 38.7 Å². The van der Waals surface area contributed by atoms with E-state index in [2.05, 4.69) is 6.58 Å². The van der Waals surface area contributed by atoms with Gasteiger partial charge in [-0.15, -0.1) is 17.9 Å². The predicted molar refractivity (Wildman–Crippen MR) is 192 cm³/mol. The maximum Gasteiger partial charge on any atom is 0.328 e. The molecule has 1 saturated carbocycles. The number of fused-ring (bicyclic) bond motifs is 5. The second-order valence-corrected chi connectivity index (χ2v) is 15.6. The largest absolute Gasteiger partial charge is 0.507 e. The summed E-state index contributed by atoms with van der Waals surface area (Å²) in [5.41, 5.74) is 7.37. The van der Waals surface area contributed by atoms with Crippen LogP contribution in [0.15, 0.2) is 66.8 Å². The third-order valence-corrected chi connectivity index (χ3v) is 13.1. The van der Waals surface area contributed by atoms with Gasteiger partial charge in [0, 0.05) is 34.3 Å². The van der Waals surface area contributed by atoms with Gasteiger partial charge in [0.05, 0.1) is 28.0 Å². The molecule has 6 amide bonds. The number of rotatable bonds is 5. The Kier molecular flexibility index (Phi) is 7.45. The molecule has 3 fully saturated rings. The zero-order chi connectivity index (χ0) is 36.3. The molecule has 0 bridgehead atoms. The van der Waals surface area contributed by atoms with E-state index in [1.165, 1.54) is 20.9 Å². The Labute approximate surface area is 302 Å². The van der Waals surface area contributed by atoms with Crippen LogP contribution in [0, 0.1) is 36.0 Å². The lowest BCUT2D eigenvalue weighted by molar-refractivity contribution is -0.136. The monoisotopic (exact) mass is 723 g/mol. The minimum Gasteiger partial charge on any atom is -0.507 e. The molecule has 6 atom stereocenters. The number of nitrogens with zero attached hydrogens (tertiary/aromatic N) is 4. The number of benzene rings is 2. The highest BCUT2D eigenvalue weighted by Gasteiger charge is 2.68. The minimum atomic E-state index is -1.39. The molecule has 260 valence electrons. The number of para-hydroxylation sites is 1. The van der Waals surface area contributed by atoms with Crippen LogP contribution in [0.3, 0.4) is 0 Å². The number of anilines is 1. The van der Waals surface area contributed by atoms with Crippen LogP contribution in [-0.4, -0.2) is 49.4 Å². The maximum absolute atomic E-state index is 15.0. The van der Waals surface area contributed by atoms with Crippen molar-refractivity contribution in [2.24, 2.45) is 41.9 Å². The number of hydrogen-bond donors (Lipinski definition) is 2. The van der Waals surface area contributed by atoms with Crippen molar-refractivity contribution in [3.05, 3.63) is 88.5 Å². The smallest absolute Gasteiger partial charge is 0.328 e. The Morgan fingerprint density at radius 1 is 1.14 bits per heavy atom. The summed E-state index contributed by atoms with van der Waals surface area (Å²) in [6, 6.07) is 11.6. The number of aryl methyl sites for hydroxylation is 2. The van der Waals surface area contributed by atoms with Crippen LogP contribution in [0.2, 0.25) is 5.02 Å². The van der Waals surface area contributed by atoms with Crippen molar-refractivity contribution in [2.45, 2.75) is 39.0 Å². The Balaban J connectivity index is 1.27. The number of primary amides is 1. The van der Waals surface area contributed by atoms with Crippen LogP contribution in [0.4, 0.5) is 10.6 Å². The number of carbonyl (C=O) groups is 5. The van der Waals surface area contributed by atoms with Crippen LogP contribution in [0.1, 0.15) is 42.4 Å². The number of aromatic hydroxyl groups is 1. The maximum atomic E-state index is 15.0. The summed E-state index contributed by atoms with van der Waals surface area (Å²) in [5, 5.41) is 18.1. The number of urea groups is 1. The van der Waals surface area contributed by atoms with E-state index in [0.717, 1.165) is 20.5 Å². The molecular formula is C38H34ClN5O6S. The summed E-state index contributed by atoms with van der Waals surface area (Å²) in [7, 11) is 1.68. The van der Waals surface area contributed by atoms with Gasteiger partial charge in [0.25, 0.3) is 0 Å². The lowest BCUT2D eigenvalue weighted by atomic mass is 9.51. The van der Waals surface area contributed by atoms with Gasteiger partial charge >= 0.3 is 6.03 Å². The average Bonchev–Trinajstić information content (AvgIpc) is 3.76. The van der Waals surface area contributed by atoms with Gasteiger partial charge in [-0.2, -0.15) is 10.00 Å². The number of phenols is 1. The molecule has 0 spiro atoms. The first-order chi connectivity index (χ1) is 24.3. The fraction of sp³-hybridized carbons (Fsp3) is 0.316. The first-order valence-electron chi connectivity index (χ1n) is 16.7. The molecule has 0 unspecified atom stereocenters. The number of thiophene rings is 1. The van der Waals surface area contributed by atoms with Crippen molar-refractivity contribution < 1.29 is 29.1 Å². The predicted octanol–water partition coefficient (Wildman–Crippen LogP) is 6.01. The van der Waals surface area contributed by atoms with E-state index < -0.39 is 64.7 Å². The molecule has 4 aromatic rings.